The Labute approximate surface area is 213 Å². The summed E-state index contributed by atoms with van der Waals surface area (Å²) in [5.41, 5.74) is 1.53. The summed E-state index contributed by atoms with van der Waals surface area (Å²) < 4.78 is 41.1. The first-order valence-corrected chi connectivity index (χ1v) is 12.4. The van der Waals surface area contributed by atoms with Crippen molar-refractivity contribution in [3.05, 3.63) is 47.3 Å². The van der Waals surface area contributed by atoms with Gasteiger partial charge in [-0.15, -0.1) is 0 Å². The van der Waals surface area contributed by atoms with Crippen molar-refractivity contribution in [1.82, 2.24) is 20.2 Å². The van der Waals surface area contributed by atoms with Crippen molar-refractivity contribution in [2.75, 3.05) is 62.2 Å². The van der Waals surface area contributed by atoms with Crippen molar-refractivity contribution in [3.8, 4) is 6.07 Å². The molecule has 0 saturated carbocycles. The predicted molar refractivity (Wildman–Crippen MR) is 131 cm³/mol. The largest absolute Gasteiger partial charge is 0.451 e. The summed E-state index contributed by atoms with van der Waals surface area (Å²) in [6, 6.07) is 10.1. The summed E-state index contributed by atoms with van der Waals surface area (Å²) in [6.45, 7) is 3.51. The van der Waals surface area contributed by atoms with Gasteiger partial charge in [-0.25, -0.2) is 9.97 Å². The maximum Gasteiger partial charge on any atom is 0.451 e. The fourth-order valence-electron chi connectivity index (χ4n) is 4.71. The number of anilines is 2. The van der Waals surface area contributed by atoms with Crippen LogP contribution in [0.3, 0.4) is 0 Å². The number of nitrogens with one attached hydrogen (secondary N) is 1. The Hall–Kier alpha value is -3.43. The molecule has 2 aromatic rings. The number of nitrogens with zero attached hydrogens (tertiary/aromatic N) is 6. The van der Waals surface area contributed by atoms with Crippen LogP contribution in [0.5, 0.6) is 0 Å². The molecule has 3 heterocycles. The number of hydrogen-bond donors (Lipinski definition) is 2. The summed E-state index contributed by atoms with van der Waals surface area (Å²) in [5, 5.41) is 20.9. The van der Waals surface area contributed by atoms with Crippen molar-refractivity contribution < 1.29 is 23.1 Å². The zero-order chi connectivity index (χ0) is 26.4. The number of benzene rings is 1. The number of nitriles is 1. The third-order valence-electron chi connectivity index (χ3n) is 6.71. The van der Waals surface area contributed by atoms with Crippen LogP contribution < -0.4 is 15.1 Å². The molecule has 1 atom stereocenters. The van der Waals surface area contributed by atoms with E-state index in [1.54, 1.807) is 28.0 Å². The van der Waals surface area contributed by atoms with Gasteiger partial charge < -0.3 is 20.2 Å². The second kappa shape index (κ2) is 11.7. The van der Waals surface area contributed by atoms with E-state index >= 15 is 0 Å². The standard InChI is InChI=1S/C25H30F3N7O2/c26-25(27,28)24-31-21(34-12-10-33(11-13-34)14-15-36)16-22(32-24)35-9-1-2-20(35)23(37)30-8-7-18-3-5-19(17-29)6-4-18/h3-6,16,20,36H,1-2,7-15H2,(H,30,37)/t20-/m0/s1. The first-order chi connectivity index (χ1) is 17.8. The average molecular weight is 518 g/mol. The molecule has 1 aromatic heterocycles. The minimum Gasteiger partial charge on any atom is -0.395 e. The molecule has 0 unspecified atom stereocenters. The highest BCUT2D eigenvalue weighted by Gasteiger charge is 2.38. The van der Waals surface area contributed by atoms with E-state index in [1.807, 2.05) is 17.0 Å². The first-order valence-electron chi connectivity index (χ1n) is 12.4. The number of aliphatic hydroxyl groups excluding tert-OH is 1. The van der Waals surface area contributed by atoms with Crippen LogP contribution in [0.15, 0.2) is 30.3 Å². The number of aromatic nitrogens is 2. The van der Waals surface area contributed by atoms with Crippen molar-refractivity contribution >= 4 is 17.5 Å². The molecule has 2 fully saturated rings. The van der Waals surface area contributed by atoms with Gasteiger partial charge in [-0.05, 0) is 37.0 Å². The van der Waals surface area contributed by atoms with Crippen molar-refractivity contribution in [2.45, 2.75) is 31.5 Å². The van der Waals surface area contributed by atoms with E-state index in [-0.39, 0.29) is 24.1 Å². The fourth-order valence-corrected chi connectivity index (χ4v) is 4.71. The van der Waals surface area contributed by atoms with Gasteiger partial charge in [-0.1, -0.05) is 12.1 Å². The monoisotopic (exact) mass is 517 g/mol. The Morgan fingerprint density at radius 2 is 1.81 bits per heavy atom. The highest BCUT2D eigenvalue weighted by molar-refractivity contribution is 5.85. The third-order valence-corrected chi connectivity index (χ3v) is 6.71. The second-order valence-electron chi connectivity index (χ2n) is 9.16. The van der Waals surface area contributed by atoms with Crippen molar-refractivity contribution in [1.29, 1.82) is 5.26 Å². The molecule has 0 radical (unpaired) electrons. The molecule has 1 amide bonds. The molecule has 2 aliphatic rings. The lowest BCUT2D eigenvalue weighted by atomic mass is 10.1. The maximum absolute atomic E-state index is 13.7. The quantitative estimate of drug-likeness (QED) is 0.546. The van der Waals surface area contributed by atoms with Crippen LogP contribution in [0.4, 0.5) is 24.8 Å². The molecular formula is C25H30F3N7O2. The summed E-state index contributed by atoms with van der Waals surface area (Å²) in [6.07, 6.45) is -2.97. The van der Waals surface area contributed by atoms with Gasteiger partial charge in [0.1, 0.15) is 17.7 Å². The Kier molecular flexibility index (Phi) is 8.45. The third kappa shape index (κ3) is 6.67. The zero-order valence-corrected chi connectivity index (χ0v) is 20.4. The summed E-state index contributed by atoms with van der Waals surface area (Å²) >= 11 is 0. The Morgan fingerprint density at radius 3 is 2.46 bits per heavy atom. The molecule has 2 aliphatic heterocycles. The van der Waals surface area contributed by atoms with Crippen LogP contribution in [0, 0.1) is 11.3 Å². The molecule has 0 bridgehead atoms. The Balaban J connectivity index is 1.46. The van der Waals surface area contributed by atoms with Gasteiger partial charge in [0, 0.05) is 51.9 Å². The number of carbonyl (C=O) groups is 1. The maximum atomic E-state index is 13.7. The second-order valence-corrected chi connectivity index (χ2v) is 9.16. The molecule has 2 saturated heterocycles. The van der Waals surface area contributed by atoms with Crippen LogP contribution in [-0.2, 0) is 17.4 Å². The van der Waals surface area contributed by atoms with E-state index in [9.17, 15) is 18.0 Å². The lowest BCUT2D eigenvalue weighted by molar-refractivity contribution is -0.144. The Morgan fingerprint density at radius 1 is 1.11 bits per heavy atom. The first kappa shape index (κ1) is 26.6. The van der Waals surface area contributed by atoms with E-state index in [1.165, 1.54) is 0 Å². The summed E-state index contributed by atoms with van der Waals surface area (Å²) in [7, 11) is 0. The fraction of sp³-hybridized carbons (Fsp3) is 0.520. The number of aliphatic hydroxyl groups is 1. The van der Waals surface area contributed by atoms with Crippen LogP contribution in [0.1, 0.15) is 29.8 Å². The molecule has 0 aliphatic carbocycles. The van der Waals surface area contributed by atoms with E-state index in [2.05, 4.69) is 21.4 Å². The summed E-state index contributed by atoms with van der Waals surface area (Å²) in [4.78, 5) is 26.1. The van der Waals surface area contributed by atoms with Crippen molar-refractivity contribution in [2.24, 2.45) is 0 Å². The number of β-amino-alcohol motifs (C(OH)–C–C–N with tert-alkyl or cyclic N) is 1. The number of piperazine rings is 1. The number of rotatable bonds is 8. The average Bonchev–Trinajstić information content (AvgIpc) is 3.39. The normalized spacial score (nSPS) is 18.6. The molecule has 198 valence electrons. The smallest absolute Gasteiger partial charge is 0.395 e. The molecule has 0 spiro atoms. The Bertz CT molecular complexity index is 1110. The molecule has 2 N–H and O–H groups in total. The predicted octanol–water partition coefficient (Wildman–Crippen LogP) is 1.81. The van der Waals surface area contributed by atoms with Gasteiger partial charge in [0.2, 0.25) is 11.7 Å². The zero-order valence-electron chi connectivity index (χ0n) is 20.4. The van der Waals surface area contributed by atoms with E-state index < -0.39 is 18.0 Å². The van der Waals surface area contributed by atoms with Gasteiger partial charge >= 0.3 is 6.18 Å². The number of hydrogen-bond acceptors (Lipinski definition) is 8. The van der Waals surface area contributed by atoms with E-state index in [0.29, 0.717) is 70.6 Å². The SMILES string of the molecule is N#Cc1ccc(CCNC(=O)[C@@H]2CCCN2c2cc(N3CCN(CCO)CC3)nc(C(F)(F)F)n2)cc1. The number of halogens is 3. The van der Waals surface area contributed by atoms with Gasteiger partial charge in [-0.2, -0.15) is 18.4 Å². The minimum atomic E-state index is -4.72. The van der Waals surface area contributed by atoms with Gasteiger partial charge in [0.05, 0.1) is 18.2 Å². The van der Waals surface area contributed by atoms with Crippen LogP contribution in [0.25, 0.3) is 0 Å². The van der Waals surface area contributed by atoms with Crippen LogP contribution >= 0.6 is 0 Å². The minimum absolute atomic E-state index is 0.0295. The lowest BCUT2D eigenvalue weighted by Gasteiger charge is -2.35. The number of alkyl halides is 3. The molecule has 1 aromatic carbocycles. The van der Waals surface area contributed by atoms with Crippen molar-refractivity contribution in [3.63, 3.8) is 0 Å². The molecule has 4 rings (SSSR count). The number of carbonyl (C=O) groups excluding carboxylic acids is 1. The molecule has 37 heavy (non-hydrogen) atoms. The van der Waals surface area contributed by atoms with Crippen LogP contribution in [0.2, 0.25) is 0 Å². The molecule has 9 nitrogen and oxygen atoms in total. The highest BCUT2D eigenvalue weighted by atomic mass is 19.4. The highest BCUT2D eigenvalue weighted by Crippen LogP contribution is 2.33. The van der Waals surface area contributed by atoms with E-state index in [0.717, 1.165) is 5.56 Å². The topological polar surface area (TPSA) is 109 Å². The van der Waals surface area contributed by atoms with Gasteiger partial charge in [0.25, 0.3) is 0 Å². The van der Waals surface area contributed by atoms with E-state index in [4.69, 9.17) is 10.4 Å². The van der Waals surface area contributed by atoms with Gasteiger partial charge in [0.15, 0.2) is 0 Å². The lowest BCUT2D eigenvalue weighted by Crippen LogP contribution is -2.48. The van der Waals surface area contributed by atoms with Gasteiger partial charge in [-0.3, -0.25) is 9.69 Å². The summed E-state index contributed by atoms with van der Waals surface area (Å²) in [5.74, 6) is -1.19. The molecular weight excluding hydrogens is 487 g/mol. The van der Waals surface area contributed by atoms with Crippen LogP contribution in [-0.4, -0.2) is 84.3 Å². The molecule has 12 heteroatoms. The number of amides is 1.